The SMILES string of the molecule is CCC(CC#N)Nc1ccc(C)cc1Br. The van der Waals surface area contributed by atoms with Crippen LogP contribution in [0.3, 0.4) is 0 Å². The number of nitriles is 1. The smallest absolute Gasteiger partial charge is 0.0643 e. The lowest BCUT2D eigenvalue weighted by molar-refractivity contribution is 0.710. The Balaban J connectivity index is 2.75. The van der Waals surface area contributed by atoms with E-state index >= 15 is 0 Å². The molecular formula is C12H15BrN2. The summed E-state index contributed by atoms with van der Waals surface area (Å²) in [7, 11) is 0. The van der Waals surface area contributed by atoms with Gasteiger partial charge in [-0.05, 0) is 47.0 Å². The highest BCUT2D eigenvalue weighted by Gasteiger charge is 2.07. The van der Waals surface area contributed by atoms with Crippen molar-refractivity contribution in [2.24, 2.45) is 0 Å². The third-order valence-corrected chi connectivity index (χ3v) is 2.97. The van der Waals surface area contributed by atoms with E-state index in [1.807, 2.05) is 6.07 Å². The molecule has 0 radical (unpaired) electrons. The summed E-state index contributed by atoms with van der Waals surface area (Å²) in [4.78, 5) is 0. The molecule has 2 nitrogen and oxygen atoms in total. The third kappa shape index (κ3) is 3.56. The Morgan fingerprint density at radius 3 is 2.80 bits per heavy atom. The molecule has 1 aromatic carbocycles. The Hall–Kier alpha value is -1.01. The number of rotatable bonds is 4. The predicted molar refractivity (Wildman–Crippen MR) is 66.8 cm³/mol. The van der Waals surface area contributed by atoms with Gasteiger partial charge in [-0.1, -0.05) is 13.0 Å². The number of benzene rings is 1. The number of anilines is 1. The van der Waals surface area contributed by atoms with Crippen LogP contribution in [0.5, 0.6) is 0 Å². The Morgan fingerprint density at radius 1 is 1.53 bits per heavy atom. The Morgan fingerprint density at radius 2 is 2.27 bits per heavy atom. The monoisotopic (exact) mass is 266 g/mol. The van der Waals surface area contributed by atoms with Crippen LogP contribution >= 0.6 is 15.9 Å². The van der Waals surface area contributed by atoms with Crippen molar-refractivity contribution in [2.45, 2.75) is 32.7 Å². The molecule has 0 bridgehead atoms. The first kappa shape index (κ1) is 12.1. The van der Waals surface area contributed by atoms with Gasteiger partial charge >= 0.3 is 0 Å². The van der Waals surface area contributed by atoms with Crippen molar-refractivity contribution < 1.29 is 0 Å². The second-order valence-corrected chi connectivity index (χ2v) is 4.45. The van der Waals surface area contributed by atoms with E-state index in [1.165, 1.54) is 5.56 Å². The van der Waals surface area contributed by atoms with Crippen LogP contribution in [0, 0.1) is 18.3 Å². The van der Waals surface area contributed by atoms with Crippen LogP contribution in [-0.2, 0) is 0 Å². The van der Waals surface area contributed by atoms with Gasteiger partial charge in [-0.15, -0.1) is 0 Å². The average molecular weight is 267 g/mol. The molecule has 3 heteroatoms. The molecule has 0 aliphatic heterocycles. The van der Waals surface area contributed by atoms with E-state index in [1.54, 1.807) is 0 Å². The van der Waals surface area contributed by atoms with Gasteiger partial charge in [0.2, 0.25) is 0 Å². The number of halogens is 1. The van der Waals surface area contributed by atoms with Gasteiger partial charge in [0.25, 0.3) is 0 Å². The van der Waals surface area contributed by atoms with Crippen molar-refractivity contribution in [1.29, 1.82) is 5.26 Å². The topological polar surface area (TPSA) is 35.8 Å². The first-order valence-corrected chi connectivity index (χ1v) is 5.86. The van der Waals surface area contributed by atoms with Gasteiger partial charge in [0, 0.05) is 16.2 Å². The van der Waals surface area contributed by atoms with Gasteiger partial charge in [-0.2, -0.15) is 5.26 Å². The Labute approximate surface area is 99.4 Å². The van der Waals surface area contributed by atoms with Crippen molar-refractivity contribution in [3.63, 3.8) is 0 Å². The Bertz CT molecular complexity index is 368. The average Bonchev–Trinajstić information content (AvgIpc) is 2.21. The zero-order chi connectivity index (χ0) is 11.3. The second-order valence-electron chi connectivity index (χ2n) is 3.60. The van der Waals surface area contributed by atoms with Gasteiger partial charge < -0.3 is 5.32 Å². The molecule has 0 heterocycles. The van der Waals surface area contributed by atoms with Crippen LogP contribution in [-0.4, -0.2) is 6.04 Å². The molecular weight excluding hydrogens is 252 g/mol. The predicted octanol–water partition coefficient (Wildman–Crippen LogP) is 3.86. The highest BCUT2D eigenvalue weighted by atomic mass is 79.9. The summed E-state index contributed by atoms with van der Waals surface area (Å²) in [5.41, 5.74) is 2.28. The zero-order valence-corrected chi connectivity index (χ0v) is 10.6. The molecule has 1 atom stereocenters. The van der Waals surface area contributed by atoms with E-state index < -0.39 is 0 Å². The first-order valence-electron chi connectivity index (χ1n) is 5.07. The summed E-state index contributed by atoms with van der Waals surface area (Å²) in [5.74, 6) is 0. The summed E-state index contributed by atoms with van der Waals surface area (Å²) in [6, 6.07) is 8.60. The van der Waals surface area contributed by atoms with Crippen LogP contribution < -0.4 is 5.32 Å². The maximum absolute atomic E-state index is 8.66. The van der Waals surface area contributed by atoms with E-state index in [2.05, 4.69) is 53.3 Å². The fourth-order valence-corrected chi connectivity index (χ4v) is 1.97. The van der Waals surface area contributed by atoms with Crippen LogP contribution in [0.1, 0.15) is 25.3 Å². The normalized spacial score (nSPS) is 11.9. The maximum Gasteiger partial charge on any atom is 0.0643 e. The molecule has 0 fully saturated rings. The fourth-order valence-electron chi connectivity index (χ4n) is 1.36. The zero-order valence-electron chi connectivity index (χ0n) is 9.05. The molecule has 1 rings (SSSR count). The summed E-state index contributed by atoms with van der Waals surface area (Å²) in [6.07, 6.45) is 1.49. The second kappa shape index (κ2) is 5.77. The van der Waals surface area contributed by atoms with E-state index in [0.717, 1.165) is 16.6 Å². The van der Waals surface area contributed by atoms with Gasteiger partial charge in [0.15, 0.2) is 0 Å². The first-order chi connectivity index (χ1) is 7.17. The van der Waals surface area contributed by atoms with Crippen molar-refractivity contribution in [3.05, 3.63) is 28.2 Å². The quantitative estimate of drug-likeness (QED) is 0.899. The van der Waals surface area contributed by atoms with Crippen LogP contribution in [0.2, 0.25) is 0 Å². The van der Waals surface area contributed by atoms with Crippen molar-refractivity contribution >= 4 is 21.6 Å². The molecule has 0 saturated heterocycles. The largest absolute Gasteiger partial charge is 0.380 e. The highest BCUT2D eigenvalue weighted by molar-refractivity contribution is 9.10. The number of nitrogens with one attached hydrogen (secondary N) is 1. The van der Waals surface area contributed by atoms with Gasteiger partial charge in [-0.25, -0.2) is 0 Å². The number of hydrogen-bond acceptors (Lipinski definition) is 2. The molecule has 0 aliphatic carbocycles. The summed E-state index contributed by atoms with van der Waals surface area (Å²) < 4.78 is 1.05. The van der Waals surface area contributed by atoms with Gasteiger partial charge in [0.05, 0.1) is 12.5 Å². The van der Waals surface area contributed by atoms with Crippen molar-refractivity contribution in [2.75, 3.05) is 5.32 Å². The maximum atomic E-state index is 8.66. The molecule has 15 heavy (non-hydrogen) atoms. The minimum Gasteiger partial charge on any atom is -0.380 e. The third-order valence-electron chi connectivity index (χ3n) is 2.31. The lowest BCUT2D eigenvalue weighted by Crippen LogP contribution is -2.17. The van der Waals surface area contributed by atoms with Crippen molar-refractivity contribution in [3.8, 4) is 6.07 Å². The lowest BCUT2D eigenvalue weighted by atomic mass is 10.1. The molecule has 0 aromatic heterocycles. The molecule has 1 unspecified atom stereocenters. The molecule has 0 aliphatic rings. The minimum atomic E-state index is 0.231. The molecule has 0 amide bonds. The fraction of sp³-hybridized carbons (Fsp3) is 0.417. The molecule has 1 N–H and O–H groups in total. The number of aryl methyl sites for hydroxylation is 1. The van der Waals surface area contributed by atoms with E-state index in [9.17, 15) is 0 Å². The van der Waals surface area contributed by atoms with E-state index in [0.29, 0.717) is 6.42 Å². The molecule has 0 spiro atoms. The van der Waals surface area contributed by atoms with Crippen LogP contribution in [0.4, 0.5) is 5.69 Å². The van der Waals surface area contributed by atoms with Crippen LogP contribution in [0.25, 0.3) is 0 Å². The number of nitrogens with zero attached hydrogens (tertiary/aromatic N) is 1. The van der Waals surface area contributed by atoms with Crippen LogP contribution in [0.15, 0.2) is 22.7 Å². The highest BCUT2D eigenvalue weighted by Crippen LogP contribution is 2.24. The molecule has 1 aromatic rings. The standard InChI is InChI=1S/C12H15BrN2/c1-3-10(6-7-14)15-12-5-4-9(2)8-11(12)13/h4-5,8,10,15H,3,6H2,1-2H3. The van der Waals surface area contributed by atoms with E-state index in [4.69, 9.17) is 5.26 Å². The van der Waals surface area contributed by atoms with Gasteiger partial charge in [-0.3, -0.25) is 0 Å². The number of hydrogen-bond donors (Lipinski definition) is 1. The summed E-state index contributed by atoms with van der Waals surface area (Å²) in [5, 5.41) is 12.0. The summed E-state index contributed by atoms with van der Waals surface area (Å²) >= 11 is 3.51. The Kier molecular flexibility index (Phi) is 4.64. The van der Waals surface area contributed by atoms with Crippen molar-refractivity contribution in [1.82, 2.24) is 0 Å². The molecule has 80 valence electrons. The van der Waals surface area contributed by atoms with E-state index in [-0.39, 0.29) is 6.04 Å². The molecule has 0 saturated carbocycles. The van der Waals surface area contributed by atoms with Gasteiger partial charge in [0.1, 0.15) is 0 Å². The lowest BCUT2D eigenvalue weighted by Gasteiger charge is -2.16. The summed E-state index contributed by atoms with van der Waals surface area (Å²) in [6.45, 7) is 4.14. The minimum absolute atomic E-state index is 0.231.